The number of aliphatic hydroxyl groups excluding tert-OH is 2. The van der Waals surface area contributed by atoms with E-state index in [0.717, 1.165) is 63.4 Å². The predicted molar refractivity (Wildman–Crippen MR) is 133 cm³/mol. The van der Waals surface area contributed by atoms with E-state index >= 15 is 0 Å². The van der Waals surface area contributed by atoms with Crippen LogP contribution in [0.3, 0.4) is 0 Å². The van der Waals surface area contributed by atoms with Crippen LogP contribution in [-0.2, 0) is 15.1 Å². The molecule has 35 heavy (non-hydrogen) atoms. The molecule has 5 rings (SSSR count). The fourth-order valence-corrected chi connectivity index (χ4v) is 9.23. The number of rotatable bonds is 9. The average Bonchev–Trinajstić information content (AvgIpc) is 3.46. The first-order chi connectivity index (χ1) is 16.8. The summed E-state index contributed by atoms with van der Waals surface area (Å²) in [6.07, 6.45) is 14.3. The third-order valence-electron chi connectivity index (χ3n) is 11.2. The molecule has 6 nitrogen and oxygen atoms in total. The Bertz CT molecular complexity index is 842. The number of ether oxygens (including phenoxy) is 2. The molecule has 4 saturated carbocycles. The van der Waals surface area contributed by atoms with Crippen LogP contribution in [0.4, 0.5) is 0 Å². The van der Waals surface area contributed by atoms with Crippen LogP contribution in [0.2, 0.25) is 0 Å². The van der Waals surface area contributed by atoms with E-state index in [9.17, 15) is 10.2 Å². The van der Waals surface area contributed by atoms with Gasteiger partial charge in [-0.3, -0.25) is 0 Å². The maximum absolute atomic E-state index is 12.6. The van der Waals surface area contributed by atoms with Gasteiger partial charge in [0.2, 0.25) is 0 Å². The van der Waals surface area contributed by atoms with E-state index in [1.54, 1.807) is 12.5 Å². The molecule has 0 bridgehead atoms. The summed E-state index contributed by atoms with van der Waals surface area (Å²) in [6.45, 7) is 6.21. The lowest BCUT2D eigenvalue weighted by Gasteiger charge is -2.64. The van der Waals surface area contributed by atoms with Gasteiger partial charge in [-0.15, -0.1) is 0 Å². The Morgan fingerprint density at radius 2 is 1.74 bits per heavy atom. The smallest absolute Gasteiger partial charge is 0.104 e. The van der Waals surface area contributed by atoms with Crippen LogP contribution in [0.5, 0.6) is 0 Å². The molecule has 198 valence electrons. The summed E-state index contributed by atoms with van der Waals surface area (Å²) in [5, 5.41) is 31.2. The second-order valence-electron chi connectivity index (χ2n) is 12.4. The zero-order chi connectivity index (χ0) is 24.7. The summed E-state index contributed by atoms with van der Waals surface area (Å²) in [5.74, 6) is 1.45. The maximum atomic E-state index is 12.6. The summed E-state index contributed by atoms with van der Waals surface area (Å²) < 4.78 is 18.3. The molecule has 0 aromatic carbocycles. The molecular formula is C29H46O6. The van der Waals surface area contributed by atoms with E-state index in [0.29, 0.717) is 44.0 Å². The highest BCUT2D eigenvalue weighted by atomic mass is 16.5. The lowest BCUT2D eigenvalue weighted by molar-refractivity contribution is -0.249. The van der Waals surface area contributed by atoms with Gasteiger partial charge in [0.15, 0.2) is 0 Å². The maximum Gasteiger partial charge on any atom is 0.104 e. The summed E-state index contributed by atoms with van der Waals surface area (Å²) in [7, 11) is 0. The first-order valence-electron chi connectivity index (χ1n) is 14.1. The molecule has 0 radical (unpaired) electrons. The normalized spacial score (nSPS) is 45.1. The highest BCUT2D eigenvalue weighted by Crippen LogP contribution is 2.72. The van der Waals surface area contributed by atoms with Crippen molar-refractivity contribution in [1.29, 1.82) is 0 Å². The molecule has 3 N–H and O–H groups in total. The van der Waals surface area contributed by atoms with Gasteiger partial charge in [0.25, 0.3) is 0 Å². The van der Waals surface area contributed by atoms with Crippen molar-refractivity contribution in [1.82, 2.24) is 0 Å². The zero-order valence-corrected chi connectivity index (χ0v) is 21.7. The molecule has 4 aliphatic carbocycles. The molecule has 0 aliphatic heterocycles. The Balaban J connectivity index is 1.40. The Kier molecular flexibility index (Phi) is 7.17. The van der Waals surface area contributed by atoms with Crippen molar-refractivity contribution in [3.8, 4) is 0 Å². The second kappa shape index (κ2) is 9.75. The first kappa shape index (κ1) is 25.7. The lowest BCUT2D eigenvalue weighted by atomic mass is 9.43. The third-order valence-corrected chi connectivity index (χ3v) is 11.2. The predicted octanol–water partition coefficient (Wildman–Crippen LogP) is 4.80. The molecule has 1 heterocycles. The lowest BCUT2D eigenvalue weighted by Crippen LogP contribution is -2.65. The largest absolute Gasteiger partial charge is 0.472 e. The van der Waals surface area contributed by atoms with Crippen LogP contribution in [-0.4, -0.2) is 53.5 Å². The second-order valence-corrected chi connectivity index (χ2v) is 12.4. The molecule has 6 heteroatoms. The summed E-state index contributed by atoms with van der Waals surface area (Å²) >= 11 is 0. The van der Waals surface area contributed by atoms with Gasteiger partial charge in [0.05, 0.1) is 24.2 Å². The number of fused-ring (bicyclic) bond motifs is 5. The van der Waals surface area contributed by atoms with Gasteiger partial charge in [-0.2, -0.15) is 0 Å². The van der Waals surface area contributed by atoms with Crippen LogP contribution in [0.25, 0.3) is 0 Å². The highest BCUT2D eigenvalue weighted by molar-refractivity contribution is 5.31. The SMILES string of the molecule is C[C@]12CC[C@H](OCCCO)C[C@H]1CC[C@@H]1[C@@H]2CC[C@]2(C)[C@@](OCCCO)(c3ccoc3)CC[C@]12O. The van der Waals surface area contributed by atoms with Crippen LogP contribution in [0.15, 0.2) is 23.0 Å². The molecule has 0 saturated heterocycles. The minimum atomic E-state index is -0.769. The molecular weight excluding hydrogens is 444 g/mol. The summed E-state index contributed by atoms with van der Waals surface area (Å²) in [6, 6.07) is 2.01. The molecule has 0 amide bonds. The van der Waals surface area contributed by atoms with Crippen molar-refractivity contribution < 1.29 is 29.2 Å². The van der Waals surface area contributed by atoms with Crippen LogP contribution in [0, 0.1) is 28.6 Å². The standard InChI is InChI=1S/C29H46O6/c1-26-10-7-23(34-16-3-14-30)19-21(26)5-6-25-24(26)8-11-27(2)28(25,32)12-13-29(27,35-17-4-15-31)22-9-18-33-20-22/h9,18,20-21,23-25,30-32H,3-8,10-17,19H2,1-2H3/t21-,23+,24+,25-,26+,27+,28+,29+/m1/s1. The first-order valence-corrected chi connectivity index (χ1v) is 14.1. The van der Waals surface area contributed by atoms with Crippen molar-refractivity contribution >= 4 is 0 Å². The topological polar surface area (TPSA) is 92.3 Å². The van der Waals surface area contributed by atoms with E-state index < -0.39 is 16.6 Å². The average molecular weight is 491 g/mol. The summed E-state index contributed by atoms with van der Waals surface area (Å²) in [4.78, 5) is 0. The van der Waals surface area contributed by atoms with Gasteiger partial charge in [0, 0.05) is 37.4 Å². The van der Waals surface area contributed by atoms with Gasteiger partial charge in [-0.05, 0) is 99.9 Å². The number of hydrogen-bond donors (Lipinski definition) is 3. The minimum Gasteiger partial charge on any atom is -0.472 e. The monoisotopic (exact) mass is 490 g/mol. The molecule has 1 aromatic heterocycles. The van der Waals surface area contributed by atoms with E-state index in [-0.39, 0.29) is 24.5 Å². The molecule has 8 atom stereocenters. The van der Waals surface area contributed by atoms with Gasteiger partial charge >= 0.3 is 0 Å². The fourth-order valence-electron chi connectivity index (χ4n) is 9.23. The number of aliphatic hydroxyl groups is 3. The molecule has 0 spiro atoms. The van der Waals surface area contributed by atoms with E-state index in [2.05, 4.69) is 13.8 Å². The van der Waals surface area contributed by atoms with Gasteiger partial charge < -0.3 is 29.2 Å². The van der Waals surface area contributed by atoms with Crippen molar-refractivity contribution in [3.05, 3.63) is 24.2 Å². The van der Waals surface area contributed by atoms with Crippen molar-refractivity contribution in [2.45, 2.75) is 102 Å². The van der Waals surface area contributed by atoms with Gasteiger partial charge in [-0.25, -0.2) is 0 Å². The molecule has 4 aliphatic rings. The van der Waals surface area contributed by atoms with Crippen molar-refractivity contribution in [3.63, 3.8) is 0 Å². The molecule has 1 aromatic rings. The van der Waals surface area contributed by atoms with Crippen molar-refractivity contribution in [2.75, 3.05) is 26.4 Å². The third kappa shape index (κ3) is 3.85. The Hall–Kier alpha value is -0.920. The van der Waals surface area contributed by atoms with E-state index in [1.807, 2.05) is 6.07 Å². The van der Waals surface area contributed by atoms with Crippen LogP contribution < -0.4 is 0 Å². The fraction of sp³-hybridized carbons (Fsp3) is 0.862. The quantitative estimate of drug-likeness (QED) is 0.431. The van der Waals surface area contributed by atoms with Crippen LogP contribution in [0.1, 0.15) is 90.0 Å². The molecule has 0 unspecified atom stereocenters. The Morgan fingerprint density at radius 3 is 2.49 bits per heavy atom. The van der Waals surface area contributed by atoms with Gasteiger partial charge in [-0.1, -0.05) is 13.8 Å². The van der Waals surface area contributed by atoms with E-state index in [4.69, 9.17) is 19.0 Å². The van der Waals surface area contributed by atoms with Crippen molar-refractivity contribution in [2.24, 2.45) is 28.6 Å². The Morgan fingerprint density at radius 1 is 0.943 bits per heavy atom. The van der Waals surface area contributed by atoms with E-state index in [1.165, 1.54) is 0 Å². The van der Waals surface area contributed by atoms with Gasteiger partial charge in [0.1, 0.15) is 5.60 Å². The number of furan rings is 1. The zero-order valence-electron chi connectivity index (χ0n) is 21.7. The highest BCUT2D eigenvalue weighted by Gasteiger charge is 2.73. The van der Waals surface area contributed by atoms with Crippen LogP contribution >= 0.6 is 0 Å². The minimum absolute atomic E-state index is 0.109. The molecule has 4 fully saturated rings. The number of hydrogen-bond acceptors (Lipinski definition) is 6. The Labute approximate surface area is 210 Å². The summed E-state index contributed by atoms with van der Waals surface area (Å²) in [5.41, 5.74) is -0.462.